The van der Waals surface area contributed by atoms with Crippen LogP contribution in [0.4, 0.5) is 5.69 Å². The number of carbonyl (C=O) groups excluding carboxylic acids is 2. The SMILES string of the molecule is C[C@H](OC(=O)C[C@H]1CCS(=O)(=O)C1)C(=O)Nc1ccc(Cl)cc1Cl. The van der Waals surface area contributed by atoms with Crippen molar-refractivity contribution in [1.29, 1.82) is 0 Å². The Hall–Kier alpha value is -1.31. The number of nitrogens with one attached hydrogen (secondary N) is 1. The molecule has 0 unspecified atom stereocenters. The highest BCUT2D eigenvalue weighted by molar-refractivity contribution is 7.91. The lowest BCUT2D eigenvalue weighted by Gasteiger charge is -2.15. The van der Waals surface area contributed by atoms with Gasteiger partial charge >= 0.3 is 5.97 Å². The highest BCUT2D eigenvalue weighted by Gasteiger charge is 2.30. The van der Waals surface area contributed by atoms with E-state index in [1.54, 1.807) is 12.1 Å². The molecule has 9 heteroatoms. The third-order valence-electron chi connectivity index (χ3n) is 3.65. The fraction of sp³-hybridized carbons (Fsp3) is 0.467. The van der Waals surface area contributed by atoms with Crippen molar-refractivity contribution in [2.45, 2.75) is 25.9 Å². The third-order valence-corrected chi connectivity index (χ3v) is 6.03. The summed E-state index contributed by atoms with van der Waals surface area (Å²) in [7, 11) is -3.05. The van der Waals surface area contributed by atoms with Gasteiger partial charge in [-0.1, -0.05) is 23.2 Å². The number of esters is 1. The minimum absolute atomic E-state index is 0.0109. The van der Waals surface area contributed by atoms with Gasteiger partial charge in [0.1, 0.15) is 0 Å². The summed E-state index contributed by atoms with van der Waals surface area (Å²) in [4.78, 5) is 23.9. The Labute approximate surface area is 150 Å². The molecule has 1 fully saturated rings. The fourth-order valence-electron chi connectivity index (χ4n) is 2.39. The summed E-state index contributed by atoms with van der Waals surface area (Å²) in [5.41, 5.74) is 0.357. The largest absolute Gasteiger partial charge is 0.453 e. The predicted molar refractivity (Wildman–Crippen MR) is 92.0 cm³/mol. The number of rotatable bonds is 5. The molecular weight excluding hydrogens is 377 g/mol. The Kier molecular flexibility index (Phi) is 6.11. The average Bonchev–Trinajstić information content (AvgIpc) is 2.80. The van der Waals surface area contributed by atoms with Crippen LogP contribution in [0.5, 0.6) is 0 Å². The van der Waals surface area contributed by atoms with E-state index in [4.69, 9.17) is 27.9 Å². The number of sulfone groups is 1. The fourth-order valence-corrected chi connectivity index (χ4v) is 4.71. The molecule has 0 spiro atoms. The molecule has 0 aliphatic carbocycles. The Balaban J connectivity index is 1.86. The molecule has 0 saturated carbocycles. The van der Waals surface area contributed by atoms with Gasteiger partial charge in [-0.3, -0.25) is 9.59 Å². The second kappa shape index (κ2) is 7.72. The molecule has 1 aliphatic heterocycles. The van der Waals surface area contributed by atoms with Crippen molar-refractivity contribution >= 4 is 50.6 Å². The first-order valence-corrected chi connectivity index (χ1v) is 9.90. The van der Waals surface area contributed by atoms with Crippen LogP contribution in [-0.4, -0.2) is 37.9 Å². The van der Waals surface area contributed by atoms with Crippen LogP contribution >= 0.6 is 23.2 Å². The van der Waals surface area contributed by atoms with Crippen LogP contribution in [0.2, 0.25) is 10.0 Å². The number of hydrogen-bond donors (Lipinski definition) is 1. The Bertz CT molecular complexity index is 750. The Morgan fingerprint density at radius 3 is 2.67 bits per heavy atom. The lowest BCUT2D eigenvalue weighted by Crippen LogP contribution is -2.30. The molecule has 1 aliphatic rings. The molecular formula is C15H17Cl2NO5S. The lowest BCUT2D eigenvalue weighted by molar-refractivity contribution is -0.153. The van der Waals surface area contributed by atoms with E-state index in [-0.39, 0.29) is 28.9 Å². The van der Waals surface area contributed by atoms with Crippen LogP contribution in [0.15, 0.2) is 18.2 Å². The molecule has 6 nitrogen and oxygen atoms in total. The van der Waals surface area contributed by atoms with E-state index in [0.717, 1.165) is 0 Å². The summed E-state index contributed by atoms with van der Waals surface area (Å²) in [5, 5.41) is 3.25. The molecule has 1 aromatic carbocycles. The number of amides is 1. The zero-order valence-corrected chi connectivity index (χ0v) is 15.2. The Morgan fingerprint density at radius 1 is 1.38 bits per heavy atom. The van der Waals surface area contributed by atoms with E-state index in [1.807, 2.05) is 0 Å². The van der Waals surface area contributed by atoms with E-state index in [1.165, 1.54) is 13.0 Å². The molecule has 2 atom stereocenters. The summed E-state index contributed by atoms with van der Waals surface area (Å²) in [6, 6.07) is 4.59. The van der Waals surface area contributed by atoms with Crippen molar-refractivity contribution in [1.82, 2.24) is 0 Å². The van der Waals surface area contributed by atoms with E-state index < -0.39 is 27.8 Å². The van der Waals surface area contributed by atoms with Gasteiger partial charge < -0.3 is 10.1 Å². The maximum atomic E-state index is 12.0. The first-order chi connectivity index (χ1) is 11.2. The van der Waals surface area contributed by atoms with Gasteiger partial charge in [0, 0.05) is 11.4 Å². The average molecular weight is 394 g/mol. The van der Waals surface area contributed by atoms with E-state index in [9.17, 15) is 18.0 Å². The quantitative estimate of drug-likeness (QED) is 0.776. The van der Waals surface area contributed by atoms with Crippen molar-refractivity contribution in [3.63, 3.8) is 0 Å². The van der Waals surface area contributed by atoms with Gasteiger partial charge in [-0.15, -0.1) is 0 Å². The molecule has 24 heavy (non-hydrogen) atoms. The van der Waals surface area contributed by atoms with E-state index >= 15 is 0 Å². The van der Waals surface area contributed by atoms with Gasteiger partial charge in [0.15, 0.2) is 15.9 Å². The maximum Gasteiger partial charge on any atom is 0.306 e. The van der Waals surface area contributed by atoms with Gasteiger partial charge in [-0.2, -0.15) is 0 Å². The zero-order valence-electron chi connectivity index (χ0n) is 12.9. The van der Waals surface area contributed by atoms with Crippen LogP contribution in [0.1, 0.15) is 19.8 Å². The van der Waals surface area contributed by atoms with Crippen LogP contribution in [0, 0.1) is 5.92 Å². The normalized spacial score (nSPS) is 20.4. The highest BCUT2D eigenvalue weighted by atomic mass is 35.5. The van der Waals surface area contributed by atoms with Gasteiger partial charge in [-0.05, 0) is 37.5 Å². The number of carbonyl (C=O) groups is 2. The first kappa shape index (κ1) is 19.0. The molecule has 1 N–H and O–H groups in total. The molecule has 0 radical (unpaired) electrons. The highest BCUT2D eigenvalue weighted by Crippen LogP contribution is 2.26. The summed E-state index contributed by atoms with van der Waals surface area (Å²) in [5.74, 6) is -1.30. The summed E-state index contributed by atoms with van der Waals surface area (Å²) >= 11 is 11.7. The van der Waals surface area contributed by atoms with Crippen LogP contribution < -0.4 is 5.32 Å². The van der Waals surface area contributed by atoms with Crippen LogP contribution in [0.25, 0.3) is 0 Å². The van der Waals surface area contributed by atoms with Crippen molar-refractivity contribution in [3.8, 4) is 0 Å². The number of ether oxygens (including phenoxy) is 1. The number of hydrogen-bond acceptors (Lipinski definition) is 5. The number of benzene rings is 1. The van der Waals surface area contributed by atoms with Gasteiger partial charge in [0.2, 0.25) is 0 Å². The van der Waals surface area contributed by atoms with Crippen molar-refractivity contribution in [2.24, 2.45) is 5.92 Å². The molecule has 1 saturated heterocycles. The molecule has 0 aromatic heterocycles. The first-order valence-electron chi connectivity index (χ1n) is 7.32. The van der Waals surface area contributed by atoms with Crippen molar-refractivity contribution in [2.75, 3.05) is 16.8 Å². The second-order valence-electron chi connectivity index (χ2n) is 5.72. The van der Waals surface area contributed by atoms with Gasteiger partial charge in [0.25, 0.3) is 5.91 Å². The maximum absolute atomic E-state index is 12.0. The van der Waals surface area contributed by atoms with Crippen molar-refractivity contribution in [3.05, 3.63) is 28.2 Å². The molecule has 2 rings (SSSR count). The number of anilines is 1. The zero-order chi connectivity index (χ0) is 17.9. The molecule has 1 amide bonds. The summed E-state index contributed by atoms with van der Waals surface area (Å²) in [6.45, 7) is 1.43. The Morgan fingerprint density at radius 2 is 2.08 bits per heavy atom. The third kappa shape index (κ3) is 5.36. The monoisotopic (exact) mass is 393 g/mol. The second-order valence-corrected chi connectivity index (χ2v) is 8.79. The van der Waals surface area contributed by atoms with E-state index in [2.05, 4.69) is 5.32 Å². The van der Waals surface area contributed by atoms with Gasteiger partial charge in [-0.25, -0.2) is 8.42 Å². The standard InChI is InChI=1S/C15H17Cl2NO5S/c1-9(15(20)18-13-3-2-11(16)7-12(13)17)23-14(19)6-10-4-5-24(21,22)8-10/h2-3,7,9-10H,4-6,8H2,1H3,(H,18,20)/t9-,10+/m0/s1. The molecule has 1 aromatic rings. The minimum Gasteiger partial charge on any atom is -0.453 e. The molecule has 1 heterocycles. The summed E-state index contributed by atoms with van der Waals surface area (Å²) in [6.07, 6.45) is -0.598. The van der Waals surface area contributed by atoms with E-state index in [0.29, 0.717) is 17.1 Å². The number of halogens is 2. The minimum atomic E-state index is -3.05. The van der Waals surface area contributed by atoms with Crippen LogP contribution in [-0.2, 0) is 24.2 Å². The topological polar surface area (TPSA) is 89.5 Å². The van der Waals surface area contributed by atoms with Crippen molar-refractivity contribution < 1.29 is 22.7 Å². The molecule has 132 valence electrons. The lowest BCUT2D eigenvalue weighted by atomic mass is 10.1. The predicted octanol–water partition coefficient (Wildman–Crippen LogP) is 2.69. The van der Waals surface area contributed by atoms with Gasteiger partial charge in [0.05, 0.1) is 22.2 Å². The summed E-state index contributed by atoms with van der Waals surface area (Å²) < 4.78 is 27.8. The van der Waals surface area contributed by atoms with Crippen LogP contribution in [0.3, 0.4) is 0 Å². The smallest absolute Gasteiger partial charge is 0.306 e. The molecule has 0 bridgehead atoms.